The van der Waals surface area contributed by atoms with Crippen molar-refractivity contribution in [2.45, 2.75) is 25.6 Å². The number of rotatable bonds is 12. The van der Waals surface area contributed by atoms with Crippen molar-refractivity contribution in [1.82, 2.24) is 10.0 Å². The highest BCUT2D eigenvalue weighted by molar-refractivity contribution is 7.95. The van der Waals surface area contributed by atoms with Crippen LogP contribution in [-0.4, -0.2) is 53.4 Å². The molecule has 2 aliphatic rings. The first kappa shape index (κ1) is 43.1. The maximum absolute atomic E-state index is 14.9. The van der Waals surface area contributed by atoms with Gasteiger partial charge in [0, 0.05) is 5.69 Å². The fourth-order valence-electron chi connectivity index (χ4n) is 7.06. The minimum absolute atomic E-state index is 0.0245. The molecular formula is C44H35F3N6O9S2. The molecule has 20 heteroatoms. The summed E-state index contributed by atoms with van der Waals surface area (Å²) in [5.41, 5.74) is 8.27. The van der Waals surface area contributed by atoms with Crippen molar-refractivity contribution in [3.8, 4) is 33.8 Å². The van der Waals surface area contributed by atoms with Crippen LogP contribution in [0, 0.1) is 0 Å². The third kappa shape index (κ3) is 8.72. The van der Waals surface area contributed by atoms with Crippen molar-refractivity contribution in [3.05, 3.63) is 157 Å². The number of carbonyl (C=O) groups is 3. The third-order valence-electron chi connectivity index (χ3n) is 10.0. The Kier molecular flexibility index (Phi) is 11.4. The van der Waals surface area contributed by atoms with Gasteiger partial charge in [0.15, 0.2) is 6.17 Å². The Morgan fingerprint density at radius 3 is 1.77 bits per heavy atom. The first-order valence-electron chi connectivity index (χ1n) is 19.2. The monoisotopic (exact) mass is 912 g/mol. The van der Waals surface area contributed by atoms with Crippen molar-refractivity contribution in [3.63, 3.8) is 0 Å². The highest BCUT2D eigenvalue weighted by atomic mass is 32.2. The van der Waals surface area contributed by atoms with Crippen LogP contribution in [-0.2, 0) is 48.0 Å². The van der Waals surface area contributed by atoms with E-state index >= 15 is 0 Å². The molecule has 1 unspecified atom stereocenters. The SMILES string of the molecule is Nc1cccc(-c2ccc(OCc3ccccc3)c(N3C(NC(=O)C(F)(F)F)C(=O)N(c4cccc(-c5ccc(OCc6ccccc6)c(N6CC(=O)NS6(=O)=O)c5)c4)S3(=O)=O)c2)c1. The molecule has 1 atom stereocenters. The van der Waals surface area contributed by atoms with E-state index in [-0.39, 0.29) is 57.2 Å². The standard InChI is InChI=1S/C44H35F3N6O9S2/c45-44(46,47)43(56)49-41-42(55)52(64(59,60)53(41)37-24-33(30-13-7-15-34(48)21-30)18-20-39(37)62-27-29-11-5-2-6-12-29)35-16-8-14-31(22-35)32-17-19-38(61-26-28-9-3-1-4-10-28)36(23-32)51-25-40(54)50-63(51,57)58/h1-24,41H,25-27,48H2,(H,49,56)(H,50,54). The van der Waals surface area contributed by atoms with Crippen LogP contribution in [0.15, 0.2) is 146 Å². The zero-order valence-electron chi connectivity index (χ0n) is 33.1. The minimum Gasteiger partial charge on any atom is -0.487 e. The predicted octanol–water partition coefficient (Wildman–Crippen LogP) is 6.04. The summed E-state index contributed by atoms with van der Waals surface area (Å²) in [7, 11) is -9.60. The molecule has 0 saturated carbocycles. The van der Waals surface area contributed by atoms with E-state index in [4.69, 9.17) is 15.2 Å². The first-order valence-corrected chi connectivity index (χ1v) is 22.0. The van der Waals surface area contributed by atoms with Crippen LogP contribution >= 0.6 is 0 Å². The van der Waals surface area contributed by atoms with Gasteiger partial charge in [0.2, 0.25) is 0 Å². The number of nitrogens with two attached hydrogens (primary N) is 1. The van der Waals surface area contributed by atoms with Gasteiger partial charge in [0.1, 0.15) is 31.3 Å². The first-order chi connectivity index (χ1) is 30.5. The molecule has 3 amide bonds. The van der Waals surface area contributed by atoms with Crippen LogP contribution in [0.3, 0.4) is 0 Å². The molecule has 2 fully saturated rings. The highest BCUT2D eigenvalue weighted by Crippen LogP contribution is 2.43. The van der Waals surface area contributed by atoms with Crippen molar-refractivity contribution >= 4 is 60.9 Å². The van der Waals surface area contributed by atoms with E-state index in [0.29, 0.717) is 26.7 Å². The Hall–Kier alpha value is -7.58. The molecule has 0 bridgehead atoms. The minimum atomic E-state index is -5.53. The number of halogens is 3. The predicted molar refractivity (Wildman–Crippen MR) is 231 cm³/mol. The summed E-state index contributed by atoms with van der Waals surface area (Å²) in [4.78, 5) is 39.3. The summed E-state index contributed by atoms with van der Waals surface area (Å²) in [5, 5.41) is 1.57. The molecule has 0 radical (unpaired) electrons. The van der Waals surface area contributed by atoms with Gasteiger partial charge < -0.3 is 20.5 Å². The second-order valence-electron chi connectivity index (χ2n) is 14.4. The molecule has 64 heavy (non-hydrogen) atoms. The smallest absolute Gasteiger partial charge is 0.471 e. The lowest BCUT2D eigenvalue weighted by molar-refractivity contribution is -0.174. The van der Waals surface area contributed by atoms with Gasteiger partial charge in [0.25, 0.3) is 11.8 Å². The van der Waals surface area contributed by atoms with E-state index in [1.54, 1.807) is 90.2 Å². The number of benzene rings is 6. The van der Waals surface area contributed by atoms with Gasteiger partial charge in [-0.3, -0.25) is 14.4 Å². The number of anilines is 4. The molecule has 2 aliphatic heterocycles. The summed E-state index contributed by atoms with van der Waals surface area (Å²) >= 11 is 0. The average Bonchev–Trinajstić information content (AvgIpc) is 3.66. The molecule has 6 aromatic carbocycles. The van der Waals surface area contributed by atoms with E-state index in [0.717, 1.165) is 9.87 Å². The lowest BCUT2D eigenvalue weighted by Gasteiger charge is -2.26. The summed E-state index contributed by atoms with van der Waals surface area (Å²) < 4.78 is 113. The van der Waals surface area contributed by atoms with Crippen LogP contribution in [0.4, 0.5) is 35.9 Å². The maximum Gasteiger partial charge on any atom is 0.471 e. The average molecular weight is 913 g/mol. The largest absolute Gasteiger partial charge is 0.487 e. The number of hydrogen-bond acceptors (Lipinski definition) is 10. The molecule has 2 saturated heterocycles. The van der Waals surface area contributed by atoms with Gasteiger partial charge in [0.05, 0.1) is 17.1 Å². The van der Waals surface area contributed by atoms with Crippen LogP contribution < -0.4 is 38.2 Å². The molecule has 15 nitrogen and oxygen atoms in total. The van der Waals surface area contributed by atoms with E-state index in [9.17, 15) is 44.4 Å². The van der Waals surface area contributed by atoms with Crippen molar-refractivity contribution in [1.29, 1.82) is 0 Å². The van der Waals surface area contributed by atoms with Gasteiger partial charge in [-0.1, -0.05) is 97.1 Å². The normalized spacial score (nSPS) is 16.7. The highest BCUT2D eigenvalue weighted by Gasteiger charge is 2.55. The summed E-state index contributed by atoms with van der Waals surface area (Å²) in [5.74, 6) is -4.96. The van der Waals surface area contributed by atoms with Crippen LogP contribution in [0.1, 0.15) is 11.1 Å². The van der Waals surface area contributed by atoms with Crippen molar-refractivity contribution < 1.29 is 53.9 Å². The Balaban J connectivity index is 1.22. The number of ether oxygens (including phenoxy) is 2. The molecule has 0 spiro atoms. The Labute approximate surface area is 364 Å². The van der Waals surface area contributed by atoms with Crippen LogP contribution in [0.2, 0.25) is 0 Å². The van der Waals surface area contributed by atoms with Gasteiger partial charge in [-0.25, -0.2) is 13.3 Å². The van der Waals surface area contributed by atoms with Crippen LogP contribution in [0.5, 0.6) is 11.5 Å². The summed E-state index contributed by atoms with van der Waals surface area (Å²) in [6.07, 6.45) is -8.01. The number of nitrogens with zero attached hydrogens (tertiary/aromatic N) is 3. The Morgan fingerprint density at radius 1 is 0.688 bits per heavy atom. The molecule has 4 N–H and O–H groups in total. The zero-order chi connectivity index (χ0) is 45.4. The fraction of sp³-hybridized carbons (Fsp3) is 0.114. The topological polar surface area (TPSA) is 198 Å². The summed E-state index contributed by atoms with van der Waals surface area (Å²) in [6.45, 7) is -0.679. The van der Waals surface area contributed by atoms with E-state index < -0.39 is 57.0 Å². The van der Waals surface area contributed by atoms with Gasteiger partial charge >= 0.3 is 32.5 Å². The number of amides is 3. The lowest BCUT2D eigenvalue weighted by Crippen LogP contribution is -2.53. The number of carbonyl (C=O) groups excluding carboxylic acids is 3. The van der Waals surface area contributed by atoms with E-state index in [1.807, 2.05) is 10.8 Å². The third-order valence-corrected chi connectivity index (χ3v) is 13.2. The van der Waals surface area contributed by atoms with E-state index in [2.05, 4.69) is 0 Å². The molecule has 0 aromatic heterocycles. The maximum atomic E-state index is 14.9. The number of alkyl halides is 3. The number of nitrogens with one attached hydrogen (secondary N) is 2. The van der Waals surface area contributed by atoms with Gasteiger partial charge in [-0.2, -0.15) is 34.3 Å². The molecule has 2 heterocycles. The van der Waals surface area contributed by atoms with Gasteiger partial charge in [-0.05, 0) is 81.9 Å². The van der Waals surface area contributed by atoms with Crippen molar-refractivity contribution in [2.75, 3.05) is 25.2 Å². The molecular weight excluding hydrogens is 878 g/mol. The second-order valence-corrected chi connectivity index (χ2v) is 17.7. The summed E-state index contributed by atoms with van der Waals surface area (Å²) in [6, 6.07) is 38.1. The molecule has 8 rings (SSSR count). The number of nitrogen functional groups attached to an aromatic ring is 1. The quantitative estimate of drug-likeness (QED) is 0.122. The molecule has 0 aliphatic carbocycles. The molecule has 6 aromatic rings. The Bertz CT molecular complexity index is 3020. The van der Waals surface area contributed by atoms with E-state index in [1.165, 1.54) is 54.6 Å². The zero-order valence-corrected chi connectivity index (χ0v) is 34.7. The molecule has 328 valence electrons. The Morgan fingerprint density at radius 2 is 1.22 bits per heavy atom. The second kappa shape index (κ2) is 16.9. The van der Waals surface area contributed by atoms with Crippen molar-refractivity contribution in [2.24, 2.45) is 0 Å². The number of hydrogen-bond donors (Lipinski definition) is 3. The fourth-order valence-corrected chi connectivity index (χ4v) is 9.90. The van der Waals surface area contributed by atoms with Gasteiger partial charge in [-0.15, -0.1) is 0 Å². The lowest BCUT2D eigenvalue weighted by atomic mass is 10.0. The van der Waals surface area contributed by atoms with Crippen LogP contribution in [0.25, 0.3) is 22.3 Å².